The van der Waals surface area contributed by atoms with E-state index in [1.54, 1.807) is 14.2 Å². The van der Waals surface area contributed by atoms with Crippen LogP contribution in [0.25, 0.3) is 11.1 Å². The number of aliphatic hydroxyl groups excluding tert-OH is 1. The Bertz CT molecular complexity index is 1210. The molecule has 5 rings (SSSR count). The second-order valence-electron chi connectivity index (χ2n) is 11.0. The number of nitrogens with zero attached hydrogens (tertiary/aromatic N) is 1. The van der Waals surface area contributed by atoms with Crippen molar-refractivity contribution in [3.63, 3.8) is 0 Å². The molecule has 0 spiro atoms. The lowest BCUT2D eigenvalue weighted by Crippen LogP contribution is -2.62. The van der Waals surface area contributed by atoms with Gasteiger partial charge < -0.3 is 24.1 Å². The molecule has 2 saturated heterocycles. The van der Waals surface area contributed by atoms with Crippen molar-refractivity contribution >= 4 is 11.9 Å². The summed E-state index contributed by atoms with van der Waals surface area (Å²) in [6.45, 7) is 2.80. The lowest BCUT2D eigenvalue weighted by molar-refractivity contribution is -0.191. The lowest BCUT2D eigenvalue weighted by Gasteiger charge is -2.54. The summed E-state index contributed by atoms with van der Waals surface area (Å²) in [4.78, 5) is 26.8. The first-order valence-corrected chi connectivity index (χ1v) is 13.9. The van der Waals surface area contributed by atoms with Gasteiger partial charge in [-0.25, -0.2) is 0 Å². The number of hydrogen-bond donors (Lipinski definition) is 1. The van der Waals surface area contributed by atoms with E-state index in [9.17, 15) is 14.7 Å². The van der Waals surface area contributed by atoms with Gasteiger partial charge in [-0.1, -0.05) is 18.6 Å². The Kier molecular flexibility index (Phi) is 8.14. The minimum atomic E-state index is -0.569. The Labute approximate surface area is 230 Å². The Hall–Kier alpha value is -3.10. The molecular weight excluding hydrogens is 498 g/mol. The summed E-state index contributed by atoms with van der Waals surface area (Å²) in [7, 11) is 3.33. The quantitative estimate of drug-likeness (QED) is 0.566. The van der Waals surface area contributed by atoms with E-state index in [0.29, 0.717) is 19.3 Å². The minimum Gasteiger partial charge on any atom is -0.496 e. The van der Waals surface area contributed by atoms with Crippen molar-refractivity contribution < 1.29 is 33.6 Å². The fourth-order valence-corrected chi connectivity index (χ4v) is 6.93. The average Bonchev–Trinajstić information content (AvgIpc) is 2.92. The average molecular weight is 538 g/mol. The number of piperidine rings is 2. The van der Waals surface area contributed by atoms with Crippen LogP contribution >= 0.6 is 0 Å². The summed E-state index contributed by atoms with van der Waals surface area (Å²) in [6, 6.07) is 12.2. The molecule has 4 bridgehead atoms. The molecule has 6 atom stereocenters. The van der Waals surface area contributed by atoms with Gasteiger partial charge in [0.05, 0.1) is 26.4 Å². The van der Waals surface area contributed by atoms with E-state index in [1.165, 1.54) is 13.8 Å². The van der Waals surface area contributed by atoms with Gasteiger partial charge in [-0.05, 0) is 67.5 Å². The molecule has 0 amide bonds. The third kappa shape index (κ3) is 5.63. The largest absolute Gasteiger partial charge is 0.496 e. The molecule has 0 aliphatic carbocycles. The van der Waals surface area contributed by atoms with Crippen molar-refractivity contribution in [1.82, 2.24) is 4.90 Å². The van der Waals surface area contributed by atoms with Crippen molar-refractivity contribution in [2.75, 3.05) is 14.2 Å². The van der Waals surface area contributed by atoms with Gasteiger partial charge in [-0.2, -0.15) is 0 Å². The number of aliphatic hydroxyl groups is 1. The highest BCUT2D eigenvalue weighted by atomic mass is 16.6. The number of benzene rings is 2. The molecule has 0 saturated carbocycles. The van der Waals surface area contributed by atoms with Crippen LogP contribution in [0.2, 0.25) is 0 Å². The number of methoxy groups -OCH3 is 2. The number of hydrogen-bond acceptors (Lipinski definition) is 8. The van der Waals surface area contributed by atoms with Crippen LogP contribution < -0.4 is 9.47 Å². The molecule has 8 heteroatoms. The van der Waals surface area contributed by atoms with Crippen molar-refractivity contribution in [3.05, 3.63) is 47.5 Å². The summed E-state index contributed by atoms with van der Waals surface area (Å²) in [5.74, 6) is 0.701. The zero-order chi connectivity index (χ0) is 27.7. The van der Waals surface area contributed by atoms with Gasteiger partial charge in [0.2, 0.25) is 0 Å². The first kappa shape index (κ1) is 27.5. The van der Waals surface area contributed by atoms with E-state index < -0.39 is 24.3 Å². The Morgan fingerprint density at radius 3 is 2.26 bits per heavy atom. The lowest BCUT2D eigenvalue weighted by atomic mass is 9.78. The van der Waals surface area contributed by atoms with Crippen molar-refractivity contribution in [2.45, 2.75) is 95.2 Å². The molecule has 2 aromatic carbocycles. The van der Waals surface area contributed by atoms with E-state index in [2.05, 4.69) is 29.2 Å². The van der Waals surface area contributed by atoms with E-state index >= 15 is 0 Å². The standard InChI is InChI=1S/C31H39NO7/c1-18(33)38-30-17-27-21-10-13-29(37-4)25(15-21)24-14-20(9-12-28(24)36-3)8-11-23(35)16-22-6-5-7-26(32(22)27)31(30)39-19(2)34/h9-10,12-15,22-23,26-27,30-31,35H,5-8,11,16-17H2,1-4H3. The van der Waals surface area contributed by atoms with Gasteiger partial charge in [-0.3, -0.25) is 14.5 Å². The van der Waals surface area contributed by atoms with E-state index in [1.807, 2.05) is 12.1 Å². The third-order valence-electron chi connectivity index (χ3n) is 8.50. The van der Waals surface area contributed by atoms with Crippen molar-refractivity contribution in [3.8, 4) is 22.6 Å². The van der Waals surface area contributed by atoms with E-state index in [4.69, 9.17) is 18.9 Å². The van der Waals surface area contributed by atoms with Gasteiger partial charge in [0.15, 0.2) is 6.10 Å². The fraction of sp³-hybridized carbons (Fsp3) is 0.548. The number of aryl methyl sites for hydroxylation is 1. The number of carbonyl (C=O) groups is 2. The summed E-state index contributed by atoms with van der Waals surface area (Å²) < 4.78 is 23.2. The molecule has 39 heavy (non-hydrogen) atoms. The maximum atomic E-state index is 12.2. The molecule has 6 unspecified atom stereocenters. The first-order valence-electron chi connectivity index (χ1n) is 13.9. The van der Waals surface area contributed by atoms with Crippen LogP contribution in [0.15, 0.2) is 36.4 Å². The SMILES string of the molecule is COc1ccc2cc1-c1cc(ccc1OC)C1CC(OC(C)=O)C(OC(C)=O)C3CCCC(CC(O)CC2)N13. The first-order chi connectivity index (χ1) is 18.8. The second kappa shape index (κ2) is 11.6. The fourth-order valence-electron chi connectivity index (χ4n) is 6.93. The normalized spacial score (nSPS) is 28.5. The summed E-state index contributed by atoms with van der Waals surface area (Å²) in [5.41, 5.74) is 4.03. The van der Waals surface area contributed by atoms with E-state index in [0.717, 1.165) is 59.4 Å². The second-order valence-corrected chi connectivity index (χ2v) is 11.0. The number of carbonyl (C=O) groups excluding carboxylic acids is 2. The van der Waals surface area contributed by atoms with Gasteiger partial charge in [0.25, 0.3) is 0 Å². The van der Waals surface area contributed by atoms with Crippen LogP contribution in [0.4, 0.5) is 0 Å². The van der Waals surface area contributed by atoms with Gasteiger partial charge in [0, 0.05) is 43.5 Å². The Morgan fingerprint density at radius 2 is 1.56 bits per heavy atom. The van der Waals surface area contributed by atoms with Gasteiger partial charge in [0.1, 0.15) is 17.6 Å². The number of rotatable bonds is 4. The molecule has 2 fully saturated rings. The minimum absolute atomic E-state index is 0.101. The van der Waals surface area contributed by atoms with Gasteiger partial charge in [-0.15, -0.1) is 0 Å². The molecule has 8 nitrogen and oxygen atoms in total. The maximum Gasteiger partial charge on any atom is 0.303 e. The smallest absolute Gasteiger partial charge is 0.303 e. The zero-order valence-electron chi connectivity index (χ0n) is 23.2. The highest BCUT2D eigenvalue weighted by Gasteiger charge is 2.50. The molecular formula is C31H39NO7. The molecule has 0 aromatic heterocycles. The molecule has 210 valence electrons. The topological polar surface area (TPSA) is 94.5 Å². The molecule has 1 N–H and O–H groups in total. The van der Waals surface area contributed by atoms with Crippen molar-refractivity contribution in [2.24, 2.45) is 0 Å². The third-order valence-corrected chi connectivity index (χ3v) is 8.50. The predicted molar refractivity (Wildman–Crippen MR) is 146 cm³/mol. The summed E-state index contributed by atoms with van der Waals surface area (Å²) in [6.07, 6.45) is 3.59. The number of fused-ring (bicyclic) bond motifs is 6. The van der Waals surface area contributed by atoms with Crippen LogP contribution in [-0.2, 0) is 25.5 Å². The molecule has 2 aromatic rings. The monoisotopic (exact) mass is 537 g/mol. The summed E-state index contributed by atoms with van der Waals surface area (Å²) in [5, 5.41) is 11.2. The predicted octanol–water partition coefficient (Wildman–Crippen LogP) is 4.60. The molecule has 3 aliphatic rings. The highest BCUT2D eigenvalue weighted by molar-refractivity contribution is 5.77. The molecule has 3 aliphatic heterocycles. The Morgan fingerprint density at radius 1 is 0.872 bits per heavy atom. The van der Waals surface area contributed by atoms with Crippen LogP contribution in [0.1, 0.15) is 69.5 Å². The number of ether oxygens (including phenoxy) is 4. The van der Waals surface area contributed by atoms with Crippen LogP contribution in [-0.4, -0.2) is 66.6 Å². The zero-order valence-corrected chi connectivity index (χ0v) is 23.2. The maximum absolute atomic E-state index is 12.2. The van der Waals surface area contributed by atoms with Crippen molar-refractivity contribution in [1.29, 1.82) is 0 Å². The van der Waals surface area contributed by atoms with Crippen LogP contribution in [0, 0.1) is 0 Å². The highest BCUT2D eigenvalue weighted by Crippen LogP contribution is 2.47. The van der Waals surface area contributed by atoms with E-state index in [-0.39, 0.29) is 24.1 Å². The van der Waals surface area contributed by atoms with Crippen LogP contribution in [0.3, 0.4) is 0 Å². The summed E-state index contributed by atoms with van der Waals surface area (Å²) >= 11 is 0. The van der Waals surface area contributed by atoms with Gasteiger partial charge >= 0.3 is 11.9 Å². The van der Waals surface area contributed by atoms with Crippen LogP contribution in [0.5, 0.6) is 11.5 Å². The Balaban J connectivity index is 1.68. The molecule has 3 heterocycles. The molecule has 0 radical (unpaired) electrons. The number of esters is 2.